The molecule has 0 aliphatic rings. The van der Waals surface area contributed by atoms with Crippen molar-refractivity contribution in [3.05, 3.63) is 389 Å². The normalized spacial score (nSPS) is 11.4. The number of ketones is 1. The Morgan fingerprint density at radius 2 is 0.865 bits per heavy atom. The smallest absolute Gasteiger partial charge is 0.477 e. The number of aryl methyl sites for hydroxylation is 1. The molecular formula is C98H115LiN8O4. The van der Waals surface area contributed by atoms with E-state index in [4.69, 9.17) is 39.0 Å². The summed E-state index contributed by atoms with van der Waals surface area (Å²) in [5, 5.41) is 33.1. The topological polar surface area (TPSA) is 246 Å². The summed E-state index contributed by atoms with van der Waals surface area (Å²) in [6, 6.07) is 100. The molecule has 11 aromatic carbocycles. The van der Waals surface area contributed by atoms with Crippen molar-refractivity contribution < 1.29 is 38.7 Å². The van der Waals surface area contributed by atoms with Crippen LogP contribution < -0.4 is 47.5 Å². The minimum atomic E-state index is -1.05. The third-order valence-electron chi connectivity index (χ3n) is 18.0. The Labute approximate surface area is 674 Å². The molecule has 0 spiro atoms. The Balaban J connectivity index is 0.000000277. The van der Waals surface area contributed by atoms with Crippen LogP contribution in [0.5, 0.6) is 0 Å². The number of aliphatic hydroxyl groups is 1. The number of carboxylic acids is 1. The van der Waals surface area contributed by atoms with Crippen molar-refractivity contribution in [1.82, 2.24) is 9.78 Å². The minimum absolute atomic E-state index is 0. The molecule has 0 fully saturated rings. The molecule has 1 heterocycles. The number of aromatic carboxylic acids is 1. The predicted octanol–water partition coefficient (Wildman–Crippen LogP) is 20.9. The molecule has 13 heteroatoms. The van der Waals surface area contributed by atoms with E-state index in [1.807, 2.05) is 127 Å². The van der Waals surface area contributed by atoms with E-state index >= 15 is 0 Å². The summed E-state index contributed by atoms with van der Waals surface area (Å²) in [7, 11) is 0. The molecule has 0 saturated heterocycles. The van der Waals surface area contributed by atoms with Crippen molar-refractivity contribution in [1.29, 1.82) is 5.26 Å². The summed E-state index contributed by atoms with van der Waals surface area (Å²) in [4.78, 5) is 23.0. The van der Waals surface area contributed by atoms with Gasteiger partial charge >= 0.3 is 24.8 Å². The summed E-state index contributed by atoms with van der Waals surface area (Å²) < 4.78 is 1.32. The second kappa shape index (κ2) is 51.0. The van der Waals surface area contributed by atoms with Crippen molar-refractivity contribution in [3.63, 3.8) is 0 Å². The maximum absolute atomic E-state index is 11.9. The molecule has 12 N–H and O–H groups in total. The monoisotopic (exact) mass is 1470 g/mol. The number of benzene rings is 11. The van der Waals surface area contributed by atoms with E-state index in [2.05, 4.69) is 168 Å². The quantitative estimate of drug-likeness (QED) is 0.0130. The number of aromatic nitrogens is 2. The number of carbonyl (C=O) groups is 2. The van der Waals surface area contributed by atoms with Gasteiger partial charge in [-0.25, -0.2) is 9.48 Å². The van der Waals surface area contributed by atoms with Gasteiger partial charge in [-0.15, -0.1) is 0 Å². The molecule has 12 rings (SSSR count). The maximum atomic E-state index is 11.9. The number of hydrogen-bond acceptors (Lipinski definition) is 10. The van der Waals surface area contributed by atoms with Crippen molar-refractivity contribution in [3.8, 4) is 11.8 Å². The molecule has 0 amide bonds. The zero-order valence-electron chi connectivity index (χ0n) is 65.4. The fourth-order valence-electron chi connectivity index (χ4n) is 12.2. The van der Waals surface area contributed by atoms with Crippen LogP contribution in [0.2, 0.25) is 0 Å². The van der Waals surface area contributed by atoms with Gasteiger partial charge in [0.25, 0.3) is 0 Å². The van der Waals surface area contributed by atoms with Gasteiger partial charge < -0.3 is 45.8 Å². The number of unbranched alkanes of at least 4 members (excludes halogenated alkanes) is 5. The molecule has 0 aliphatic carbocycles. The first kappa shape index (κ1) is 91.9. The van der Waals surface area contributed by atoms with Crippen LogP contribution >= 0.6 is 0 Å². The maximum Gasteiger partial charge on any atom is 1.00 e. The van der Waals surface area contributed by atoms with Crippen LogP contribution in [0.15, 0.2) is 309 Å². The van der Waals surface area contributed by atoms with E-state index in [9.17, 15) is 14.7 Å². The number of hydrogen-bond donors (Lipinski definition) is 7. The Morgan fingerprint density at radius 3 is 1.31 bits per heavy atom. The fraction of sp³-hybridized carbons (Fsp3) is 0.235. The number of nitrogens with zero attached hydrogens (tertiary/aromatic N) is 3. The summed E-state index contributed by atoms with van der Waals surface area (Å²) in [6.07, 6.45) is 16.9. The van der Waals surface area contributed by atoms with Gasteiger partial charge in [-0.1, -0.05) is 318 Å². The summed E-state index contributed by atoms with van der Waals surface area (Å²) in [5.41, 5.74) is 46.0. The number of nitrogen functional groups attached to an aromatic ring is 5. The van der Waals surface area contributed by atoms with E-state index < -0.39 is 11.6 Å². The average Bonchev–Trinajstić information content (AvgIpc) is 1.79. The third-order valence-corrected chi connectivity index (χ3v) is 18.0. The molecule has 111 heavy (non-hydrogen) atoms. The standard InChI is InChI=1S/C17H21NO.2C17H21N.C17H19N.C13H11NO.C12H9N3O2.C4H9.CH4.Li/c1-2-3-12-17(19,14-8-5-4-6-9-14)15-10-7-11-16(18)13-15;3*1-2-3-12-17(14-8-5-4-6-9-14)15-10-7-11-16(18)13-15;14-12-8-4-7-11(9-12)13(15)10-5-2-1-3-6-10;1-8-5-11(12(16)17)15(14-8)10-4-2-3-9(6-10)7-13;1-3-4-2;;/h4-11,13,19H,2-3,12,18H2,1H3;2*4-11,13,17H,2-3,12,18H2,1H3;4-13H,2-3,18H2,1H3;1-9H,14H2;2-6H,1H3,(H,16,17);1,3-4H2,2H3;1H4;/q;;;;;;-1;;+1/b;;;17-12-;;;;;. The molecule has 0 saturated carbocycles. The molecule has 3 unspecified atom stereocenters. The Bertz CT molecular complexity index is 4590. The number of anilines is 5. The number of allylic oxidation sites excluding steroid dienone is 1. The summed E-state index contributed by atoms with van der Waals surface area (Å²) in [5.74, 6) is -0.111. The van der Waals surface area contributed by atoms with Crippen molar-refractivity contribution in [2.24, 2.45) is 0 Å². The molecule has 1 aromatic heterocycles. The fourth-order valence-corrected chi connectivity index (χ4v) is 12.2. The van der Waals surface area contributed by atoms with Crippen LogP contribution in [0.3, 0.4) is 0 Å². The Morgan fingerprint density at radius 1 is 0.468 bits per heavy atom. The van der Waals surface area contributed by atoms with Crippen molar-refractivity contribution in [2.75, 3.05) is 28.7 Å². The number of carboxylic acid groups (broad SMARTS) is 1. The molecule has 12 nitrogen and oxygen atoms in total. The van der Waals surface area contributed by atoms with Gasteiger partial charge in [0.2, 0.25) is 0 Å². The molecule has 572 valence electrons. The largest absolute Gasteiger partial charge is 1.00 e. The van der Waals surface area contributed by atoms with Gasteiger partial charge in [0, 0.05) is 51.4 Å². The minimum Gasteiger partial charge on any atom is -0.477 e. The van der Waals surface area contributed by atoms with Crippen LogP contribution in [0, 0.1) is 25.2 Å². The van der Waals surface area contributed by atoms with Gasteiger partial charge in [0.15, 0.2) is 11.5 Å². The van der Waals surface area contributed by atoms with Crippen LogP contribution in [0.25, 0.3) is 11.3 Å². The van der Waals surface area contributed by atoms with Crippen molar-refractivity contribution >= 4 is 45.8 Å². The Hall–Kier alpha value is -11.4. The third kappa shape index (κ3) is 30.9. The van der Waals surface area contributed by atoms with Gasteiger partial charge in [-0.3, -0.25) is 4.79 Å². The van der Waals surface area contributed by atoms with E-state index in [1.165, 1.54) is 94.6 Å². The predicted molar refractivity (Wildman–Crippen MR) is 464 cm³/mol. The van der Waals surface area contributed by atoms with Crippen LogP contribution in [-0.4, -0.2) is 31.7 Å². The molecule has 0 aliphatic heterocycles. The summed E-state index contributed by atoms with van der Waals surface area (Å²) >= 11 is 0. The SMILES string of the molecule is C.CCC/C=C(/c1ccccc1)c1cccc(N)c1.CCCCC(O)(c1ccccc1)c1cccc(N)c1.CCCCC(c1ccccc1)c1cccc(N)c1.CCCCC(c1ccccc1)c1cccc(N)c1.Cc1cc(C(=O)O)n(-c2cccc(C#N)c2)n1.Nc1cccc(C(=O)c2ccccc2)c1.[CH2-]CCC.[Li+]. The molecule has 0 bridgehead atoms. The van der Waals surface area contributed by atoms with Crippen LogP contribution in [-0.2, 0) is 5.60 Å². The van der Waals surface area contributed by atoms with Gasteiger partial charge in [-0.2, -0.15) is 16.8 Å². The summed E-state index contributed by atoms with van der Waals surface area (Å²) in [6.45, 7) is 16.2. The molecule has 0 radical (unpaired) electrons. The second-order valence-corrected chi connectivity index (χ2v) is 26.6. The number of nitriles is 1. The number of carbonyl (C=O) groups excluding carboxylic acids is 1. The van der Waals surface area contributed by atoms with Crippen LogP contribution in [0.4, 0.5) is 28.4 Å². The zero-order valence-corrected chi connectivity index (χ0v) is 65.4. The first-order valence-corrected chi connectivity index (χ1v) is 38.0. The zero-order chi connectivity index (χ0) is 78.6. The second-order valence-electron chi connectivity index (χ2n) is 26.6. The van der Waals surface area contributed by atoms with E-state index in [0.717, 1.165) is 60.3 Å². The van der Waals surface area contributed by atoms with E-state index in [1.54, 1.807) is 67.6 Å². The Kier molecular flexibility index (Phi) is 42.3. The van der Waals surface area contributed by atoms with Gasteiger partial charge in [-0.05, 0) is 168 Å². The van der Waals surface area contributed by atoms with E-state index in [0.29, 0.717) is 57.7 Å². The molecule has 12 aromatic rings. The van der Waals surface area contributed by atoms with E-state index in [-0.39, 0.29) is 37.8 Å². The van der Waals surface area contributed by atoms with Crippen molar-refractivity contribution in [2.45, 2.75) is 150 Å². The van der Waals surface area contributed by atoms with Gasteiger partial charge in [0.1, 0.15) is 5.60 Å². The number of rotatable bonds is 24. The first-order valence-electron chi connectivity index (χ1n) is 38.0. The average molecular weight is 1480 g/mol. The van der Waals surface area contributed by atoms with Crippen LogP contribution in [0.1, 0.15) is 220 Å². The number of nitrogens with two attached hydrogens (primary N) is 5. The molecular weight excluding hydrogens is 1360 g/mol. The first-order chi connectivity index (χ1) is 52.9. The van der Waals surface area contributed by atoms with Gasteiger partial charge in [0.05, 0.1) is 23.0 Å². The molecule has 3 atom stereocenters.